The number of aryl methyl sites for hydroxylation is 1. The fraction of sp³-hybridized carbons (Fsp3) is 0.750. The molecule has 2 rings (SSSR count). The second-order valence-corrected chi connectivity index (χ2v) is 6.77. The number of hydrogen-bond acceptors (Lipinski definition) is 3. The van der Waals surface area contributed by atoms with Gasteiger partial charge in [-0.2, -0.15) is 0 Å². The smallest absolute Gasteiger partial charge is 0.0413 e. The number of nitrogens with one attached hydrogen (secondary N) is 1. The van der Waals surface area contributed by atoms with Crippen LogP contribution in [0.1, 0.15) is 55.8 Å². The molecule has 0 bridgehead atoms. The van der Waals surface area contributed by atoms with Crippen molar-refractivity contribution in [3.05, 3.63) is 21.9 Å². The molecule has 19 heavy (non-hydrogen) atoms. The van der Waals surface area contributed by atoms with Crippen LogP contribution in [-0.4, -0.2) is 30.6 Å². The standard InChI is InChI=1S/C16H28N2S/c1-4-15-9-10-16(19-15)13(3)18(5-2)12-14-8-6-7-11-17-14/h9-10,13-14,17H,4-8,11-12H2,1-3H3. The van der Waals surface area contributed by atoms with Gasteiger partial charge in [-0.15, -0.1) is 11.3 Å². The Hall–Kier alpha value is -0.380. The predicted molar refractivity (Wildman–Crippen MR) is 85.0 cm³/mol. The molecule has 2 unspecified atom stereocenters. The Balaban J connectivity index is 1.95. The highest BCUT2D eigenvalue weighted by Crippen LogP contribution is 2.28. The summed E-state index contributed by atoms with van der Waals surface area (Å²) in [7, 11) is 0. The highest BCUT2D eigenvalue weighted by molar-refractivity contribution is 7.12. The van der Waals surface area contributed by atoms with Gasteiger partial charge in [0.2, 0.25) is 0 Å². The molecule has 1 aliphatic rings. The van der Waals surface area contributed by atoms with E-state index < -0.39 is 0 Å². The Kier molecular flexibility index (Phi) is 5.86. The summed E-state index contributed by atoms with van der Waals surface area (Å²) < 4.78 is 0. The third-order valence-corrected chi connectivity index (χ3v) is 5.66. The molecule has 0 spiro atoms. The Bertz CT molecular complexity index is 369. The van der Waals surface area contributed by atoms with Crippen molar-refractivity contribution in [2.75, 3.05) is 19.6 Å². The van der Waals surface area contributed by atoms with E-state index in [9.17, 15) is 0 Å². The molecule has 1 saturated heterocycles. The molecule has 0 radical (unpaired) electrons. The number of likely N-dealkylation sites (N-methyl/N-ethyl adjacent to an activating group) is 1. The van der Waals surface area contributed by atoms with Crippen LogP contribution in [0, 0.1) is 0 Å². The van der Waals surface area contributed by atoms with Crippen LogP contribution in [-0.2, 0) is 6.42 Å². The second-order valence-electron chi connectivity index (χ2n) is 5.57. The minimum atomic E-state index is 0.555. The van der Waals surface area contributed by atoms with Gasteiger partial charge >= 0.3 is 0 Å². The molecule has 0 aliphatic carbocycles. The number of rotatable bonds is 6. The van der Waals surface area contributed by atoms with Crippen LogP contribution >= 0.6 is 11.3 Å². The van der Waals surface area contributed by atoms with Crippen LogP contribution in [0.25, 0.3) is 0 Å². The van der Waals surface area contributed by atoms with Crippen LogP contribution in [0.15, 0.2) is 12.1 Å². The van der Waals surface area contributed by atoms with Crippen molar-refractivity contribution in [3.63, 3.8) is 0 Å². The average molecular weight is 280 g/mol. The van der Waals surface area contributed by atoms with Crippen LogP contribution < -0.4 is 5.32 Å². The first-order chi connectivity index (χ1) is 9.24. The summed E-state index contributed by atoms with van der Waals surface area (Å²) in [5, 5.41) is 3.67. The summed E-state index contributed by atoms with van der Waals surface area (Å²) in [5.74, 6) is 0. The van der Waals surface area contributed by atoms with E-state index in [1.165, 1.54) is 42.1 Å². The van der Waals surface area contributed by atoms with Gasteiger partial charge in [-0.3, -0.25) is 4.90 Å². The lowest BCUT2D eigenvalue weighted by atomic mass is 10.0. The molecule has 0 saturated carbocycles. The van der Waals surface area contributed by atoms with Gasteiger partial charge in [0.05, 0.1) is 0 Å². The third kappa shape index (κ3) is 4.04. The predicted octanol–water partition coefficient (Wildman–Crippen LogP) is 3.84. The van der Waals surface area contributed by atoms with E-state index in [2.05, 4.69) is 43.1 Å². The zero-order valence-electron chi connectivity index (χ0n) is 12.6. The third-order valence-electron chi connectivity index (χ3n) is 4.26. The highest BCUT2D eigenvalue weighted by atomic mass is 32.1. The summed E-state index contributed by atoms with van der Waals surface area (Å²) in [4.78, 5) is 5.65. The highest BCUT2D eigenvalue weighted by Gasteiger charge is 2.21. The zero-order valence-corrected chi connectivity index (χ0v) is 13.4. The van der Waals surface area contributed by atoms with Gasteiger partial charge in [-0.1, -0.05) is 20.3 Å². The Morgan fingerprint density at radius 1 is 1.37 bits per heavy atom. The Morgan fingerprint density at radius 2 is 2.21 bits per heavy atom. The maximum Gasteiger partial charge on any atom is 0.0413 e. The number of thiophene rings is 1. The van der Waals surface area contributed by atoms with E-state index in [-0.39, 0.29) is 0 Å². The van der Waals surface area contributed by atoms with Crippen molar-refractivity contribution in [3.8, 4) is 0 Å². The lowest BCUT2D eigenvalue weighted by Gasteiger charge is -2.33. The van der Waals surface area contributed by atoms with Crippen molar-refractivity contribution in [2.45, 2.75) is 58.5 Å². The van der Waals surface area contributed by atoms with Crippen LogP contribution in [0.2, 0.25) is 0 Å². The quantitative estimate of drug-likeness (QED) is 0.852. The molecule has 1 aromatic heterocycles. The van der Waals surface area contributed by atoms with Gasteiger partial charge in [0.1, 0.15) is 0 Å². The molecule has 0 aromatic carbocycles. The maximum atomic E-state index is 3.67. The number of nitrogens with zero attached hydrogens (tertiary/aromatic N) is 1. The summed E-state index contributed by atoms with van der Waals surface area (Å²) in [5.41, 5.74) is 0. The summed E-state index contributed by atoms with van der Waals surface area (Å²) in [6.07, 6.45) is 5.24. The van der Waals surface area contributed by atoms with E-state index >= 15 is 0 Å². The largest absolute Gasteiger partial charge is 0.313 e. The zero-order chi connectivity index (χ0) is 13.7. The van der Waals surface area contributed by atoms with Gasteiger partial charge in [0, 0.05) is 28.4 Å². The first kappa shape index (κ1) is 15.0. The molecule has 1 fully saturated rings. The topological polar surface area (TPSA) is 15.3 Å². The van der Waals surface area contributed by atoms with Crippen molar-refractivity contribution in [2.24, 2.45) is 0 Å². The van der Waals surface area contributed by atoms with Gasteiger partial charge in [-0.25, -0.2) is 0 Å². The SMILES string of the molecule is CCc1ccc(C(C)N(CC)CC2CCCCN2)s1. The van der Waals surface area contributed by atoms with Crippen molar-refractivity contribution in [1.82, 2.24) is 10.2 Å². The molecule has 2 nitrogen and oxygen atoms in total. The van der Waals surface area contributed by atoms with E-state index in [4.69, 9.17) is 0 Å². The molecule has 1 aliphatic heterocycles. The molecular weight excluding hydrogens is 252 g/mol. The summed E-state index contributed by atoms with van der Waals surface area (Å²) in [6, 6.07) is 5.87. The average Bonchev–Trinajstić information content (AvgIpc) is 2.94. The van der Waals surface area contributed by atoms with E-state index in [1.807, 2.05) is 11.3 Å². The maximum absolute atomic E-state index is 3.67. The van der Waals surface area contributed by atoms with Gasteiger partial charge < -0.3 is 5.32 Å². The summed E-state index contributed by atoms with van der Waals surface area (Å²) in [6.45, 7) is 10.4. The minimum absolute atomic E-state index is 0.555. The lowest BCUT2D eigenvalue weighted by molar-refractivity contribution is 0.187. The Morgan fingerprint density at radius 3 is 2.79 bits per heavy atom. The molecular formula is C16H28N2S. The fourth-order valence-corrected chi connectivity index (χ4v) is 3.95. The molecule has 1 N–H and O–H groups in total. The molecule has 2 atom stereocenters. The van der Waals surface area contributed by atoms with Gasteiger partial charge in [-0.05, 0) is 51.4 Å². The van der Waals surface area contributed by atoms with E-state index in [0.717, 1.165) is 13.0 Å². The van der Waals surface area contributed by atoms with E-state index in [0.29, 0.717) is 12.1 Å². The normalized spacial score (nSPS) is 21.8. The molecule has 3 heteroatoms. The Labute approximate surface area is 122 Å². The molecule has 0 amide bonds. The lowest BCUT2D eigenvalue weighted by Crippen LogP contribution is -2.44. The van der Waals surface area contributed by atoms with Gasteiger partial charge in [0.25, 0.3) is 0 Å². The van der Waals surface area contributed by atoms with Crippen LogP contribution in [0.4, 0.5) is 0 Å². The number of piperidine rings is 1. The first-order valence-electron chi connectivity index (χ1n) is 7.80. The van der Waals surface area contributed by atoms with Crippen LogP contribution in [0.3, 0.4) is 0 Å². The van der Waals surface area contributed by atoms with Gasteiger partial charge in [0.15, 0.2) is 0 Å². The first-order valence-corrected chi connectivity index (χ1v) is 8.62. The molecule has 108 valence electrons. The summed E-state index contributed by atoms with van der Waals surface area (Å²) >= 11 is 1.98. The minimum Gasteiger partial charge on any atom is -0.313 e. The fourth-order valence-electron chi connectivity index (χ4n) is 2.91. The van der Waals surface area contributed by atoms with E-state index in [1.54, 1.807) is 0 Å². The van der Waals surface area contributed by atoms with Crippen LogP contribution in [0.5, 0.6) is 0 Å². The van der Waals surface area contributed by atoms with Crippen molar-refractivity contribution < 1.29 is 0 Å². The molecule has 2 heterocycles. The van der Waals surface area contributed by atoms with Crippen molar-refractivity contribution in [1.29, 1.82) is 0 Å². The second kappa shape index (κ2) is 7.41. The van der Waals surface area contributed by atoms with Crippen molar-refractivity contribution >= 4 is 11.3 Å². The molecule has 1 aromatic rings. The number of hydrogen-bond donors (Lipinski definition) is 1. The monoisotopic (exact) mass is 280 g/mol.